The minimum atomic E-state index is -0.518. The van der Waals surface area contributed by atoms with Crippen LogP contribution in [0.2, 0.25) is 5.02 Å². The van der Waals surface area contributed by atoms with Gasteiger partial charge in [0.25, 0.3) is 11.8 Å². The molecular weight excluding hydrogens is 562 g/mol. The van der Waals surface area contributed by atoms with Gasteiger partial charge in [0.1, 0.15) is 5.69 Å². The molecule has 2 heterocycles. The Kier molecular flexibility index (Phi) is 7.80. The molecule has 1 aliphatic rings. The Morgan fingerprint density at radius 1 is 0.860 bits per heavy atom. The maximum Gasteiger partial charge on any atom is 0.265 e. The number of carbonyl (C=O) groups excluding carboxylic acids is 2. The number of anilines is 4. The van der Waals surface area contributed by atoms with Crippen molar-refractivity contribution in [2.75, 3.05) is 28.6 Å². The van der Waals surface area contributed by atoms with Crippen LogP contribution in [0.1, 0.15) is 39.3 Å². The van der Waals surface area contributed by atoms with E-state index in [1.54, 1.807) is 12.1 Å². The number of nitrogens with one attached hydrogen (secondary N) is 2. The fraction of sp³-hybridized carbons (Fsp3) is 0.176. The summed E-state index contributed by atoms with van der Waals surface area (Å²) < 4.78 is 1.82. The summed E-state index contributed by atoms with van der Waals surface area (Å²) in [5, 5.41) is 17.4. The van der Waals surface area contributed by atoms with Crippen molar-refractivity contribution in [1.29, 1.82) is 0 Å². The van der Waals surface area contributed by atoms with Crippen LogP contribution in [-0.2, 0) is 0 Å². The molecule has 5 aromatic rings. The summed E-state index contributed by atoms with van der Waals surface area (Å²) >= 11 is 6.68. The summed E-state index contributed by atoms with van der Waals surface area (Å²) in [6, 6.07) is 28.2. The molecule has 0 radical (unpaired) electrons. The van der Waals surface area contributed by atoms with E-state index in [2.05, 4.69) is 15.5 Å². The standard InChI is InChI=1S/C34H32ClN5O3/c1-21-2-13-31-23(18-21)19-32(33(36)42)40(31)27-11-12-30(29(35)20-27)37-24-5-7-25(8-6-24)38-34(43)22-3-9-26(10-4-22)39-16-14-28(41)15-17-39/h2-13,18-20,28,37,41H,14-17H2,1H3,(H2,36,42)(H,38,43). The van der Waals surface area contributed by atoms with Gasteiger partial charge < -0.3 is 30.9 Å². The van der Waals surface area contributed by atoms with Crippen LogP contribution >= 0.6 is 11.6 Å². The van der Waals surface area contributed by atoms with E-state index in [-0.39, 0.29) is 12.0 Å². The molecule has 0 saturated carbocycles. The van der Waals surface area contributed by atoms with Gasteiger partial charge in [0.2, 0.25) is 0 Å². The minimum Gasteiger partial charge on any atom is -0.393 e. The van der Waals surface area contributed by atoms with Gasteiger partial charge in [-0.1, -0.05) is 23.2 Å². The highest BCUT2D eigenvalue weighted by molar-refractivity contribution is 6.33. The van der Waals surface area contributed by atoms with E-state index >= 15 is 0 Å². The van der Waals surface area contributed by atoms with Gasteiger partial charge in [-0.15, -0.1) is 0 Å². The number of aliphatic hydroxyl groups excluding tert-OH is 1. The molecule has 0 aliphatic carbocycles. The SMILES string of the molecule is Cc1ccc2c(c1)cc(C(N)=O)n2-c1ccc(Nc2ccc(NC(=O)c3ccc(N4CCC(O)CC4)cc3)cc2)c(Cl)c1. The van der Waals surface area contributed by atoms with E-state index in [0.717, 1.165) is 59.5 Å². The van der Waals surface area contributed by atoms with E-state index < -0.39 is 5.91 Å². The van der Waals surface area contributed by atoms with Crippen LogP contribution in [0.3, 0.4) is 0 Å². The number of fused-ring (bicyclic) bond motifs is 1. The first-order valence-electron chi connectivity index (χ1n) is 14.2. The lowest BCUT2D eigenvalue weighted by atomic mass is 10.1. The van der Waals surface area contributed by atoms with Crippen LogP contribution in [0.25, 0.3) is 16.6 Å². The predicted octanol–water partition coefficient (Wildman–Crippen LogP) is 6.65. The van der Waals surface area contributed by atoms with Crippen molar-refractivity contribution < 1.29 is 14.7 Å². The zero-order chi connectivity index (χ0) is 30.1. The molecule has 9 heteroatoms. The molecule has 43 heavy (non-hydrogen) atoms. The highest BCUT2D eigenvalue weighted by Crippen LogP contribution is 2.32. The monoisotopic (exact) mass is 593 g/mol. The number of hydrogen-bond acceptors (Lipinski definition) is 5. The average molecular weight is 594 g/mol. The topological polar surface area (TPSA) is 113 Å². The summed E-state index contributed by atoms with van der Waals surface area (Å²) in [6.07, 6.45) is 1.29. The van der Waals surface area contributed by atoms with Gasteiger partial charge in [-0.25, -0.2) is 0 Å². The summed E-state index contributed by atoms with van der Waals surface area (Å²) in [4.78, 5) is 27.3. The van der Waals surface area contributed by atoms with Crippen molar-refractivity contribution >= 4 is 57.1 Å². The highest BCUT2D eigenvalue weighted by Gasteiger charge is 2.18. The number of halogens is 1. The fourth-order valence-corrected chi connectivity index (χ4v) is 5.70. The quantitative estimate of drug-likeness (QED) is 0.169. The Hall–Kier alpha value is -4.79. The number of rotatable bonds is 7. The number of hydrogen-bond donors (Lipinski definition) is 4. The van der Waals surface area contributed by atoms with Crippen LogP contribution < -0.4 is 21.3 Å². The summed E-state index contributed by atoms with van der Waals surface area (Å²) in [5.41, 5.74) is 12.5. The van der Waals surface area contributed by atoms with E-state index in [9.17, 15) is 14.7 Å². The molecule has 1 aliphatic heterocycles. The Morgan fingerprint density at radius 2 is 1.53 bits per heavy atom. The van der Waals surface area contributed by atoms with Crippen LogP contribution in [-0.4, -0.2) is 40.7 Å². The van der Waals surface area contributed by atoms with Gasteiger partial charge in [0.15, 0.2) is 0 Å². The largest absolute Gasteiger partial charge is 0.393 e. The minimum absolute atomic E-state index is 0.192. The molecule has 2 amide bonds. The number of primary amides is 1. The average Bonchev–Trinajstić information content (AvgIpc) is 3.38. The fourth-order valence-electron chi connectivity index (χ4n) is 5.48. The van der Waals surface area contributed by atoms with Crippen molar-refractivity contribution in [2.45, 2.75) is 25.9 Å². The third-order valence-electron chi connectivity index (χ3n) is 7.80. The third-order valence-corrected chi connectivity index (χ3v) is 8.11. The first-order valence-corrected chi connectivity index (χ1v) is 14.6. The predicted molar refractivity (Wildman–Crippen MR) is 173 cm³/mol. The molecule has 0 bridgehead atoms. The molecule has 5 N–H and O–H groups in total. The van der Waals surface area contributed by atoms with Crippen LogP contribution in [0, 0.1) is 6.92 Å². The van der Waals surface area contributed by atoms with Gasteiger partial charge in [-0.2, -0.15) is 0 Å². The molecule has 218 valence electrons. The normalized spacial score (nSPS) is 13.7. The van der Waals surface area contributed by atoms with Crippen molar-refractivity contribution in [1.82, 2.24) is 4.57 Å². The van der Waals surface area contributed by atoms with Gasteiger partial charge in [0.05, 0.1) is 22.3 Å². The maximum absolute atomic E-state index is 12.8. The number of benzene rings is 4. The zero-order valence-corrected chi connectivity index (χ0v) is 24.4. The number of carbonyl (C=O) groups is 2. The van der Waals surface area contributed by atoms with Crippen LogP contribution in [0.4, 0.5) is 22.7 Å². The molecular formula is C34H32ClN5O3. The third kappa shape index (κ3) is 6.07. The van der Waals surface area contributed by atoms with Gasteiger partial charge >= 0.3 is 0 Å². The van der Waals surface area contributed by atoms with Gasteiger partial charge in [0, 0.05) is 46.8 Å². The first kappa shape index (κ1) is 28.3. The van der Waals surface area contributed by atoms with Crippen molar-refractivity contribution in [3.63, 3.8) is 0 Å². The first-order chi connectivity index (χ1) is 20.7. The van der Waals surface area contributed by atoms with Crippen LogP contribution in [0.15, 0.2) is 91.0 Å². The Bertz CT molecular complexity index is 1810. The Morgan fingerprint density at radius 3 is 2.21 bits per heavy atom. The molecule has 8 nitrogen and oxygen atoms in total. The number of nitrogens with two attached hydrogens (primary N) is 1. The molecule has 0 spiro atoms. The lowest BCUT2D eigenvalue weighted by molar-refractivity contribution is 0.0992. The smallest absolute Gasteiger partial charge is 0.265 e. The van der Waals surface area contributed by atoms with Crippen molar-refractivity contribution in [3.05, 3.63) is 113 Å². The molecule has 6 rings (SSSR count). The summed E-state index contributed by atoms with van der Waals surface area (Å²) in [6.45, 7) is 3.62. The van der Waals surface area contributed by atoms with Crippen molar-refractivity contribution in [2.24, 2.45) is 5.73 Å². The van der Waals surface area contributed by atoms with E-state index in [4.69, 9.17) is 17.3 Å². The number of amides is 2. The van der Waals surface area contributed by atoms with Gasteiger partial charge in [-0.05, 0) is 105 Å². The van der Waals surface area contributed by atoms with E-state index in [0.29, 0.717) is 27.7 Å². The Labute approximate surface area is 254 Å². The maximum atomic E-state index is 12.8. The molecule has 0 atom stereocenters. The Balaban J connectivity index is 1.12. The number of piperidine rings is 1. The summed E-state index contributed by atoms with van der Waals surface area (Å²) in [5.74, 6) is -0.710. The lowest BCUT2D eigenvalue weighted by Gasteiger charge is -2.31. The molecule has 1 fully saturated rings. The van der Waals surface area contributed by atoms with E-state index in [1.165, 1.54) is 0 Å². The molecule has 4 aromatic carbocycles. The lowest BCUT2D eigenvalue weighted by Crippen LogP contribution is -2.35. The number of nitrogens with zero attached hydrogens (tertiary/aromatic N) is 2. The second-order valence-corrected chi connectivity index (χ2v) is 11.3. The molecule has 1 saturated heterocycles. The number of aliphatic hydroxyl groups is 1. The van der Waals surface area contributed by atoms with Crippen LogP contribution in [0.5, 0.6) is 0 Å². The second-order valence-electron chi connectivity index (χ2n) is 10.9. The zero-order valence-electron chi connectivity index (χ0n) is 23.7. The summed E-state index contributed by atoms with van der Waals surface area (Å²) in [7, 11) is 0. The number of aryl methyl sites for hydroxylation is 1. The highest BCUT2D eigenvalue weighted by atomic mass is 35.5. The van der Waals surface area contributed by atoms with Crippen molar-refractivity contribution in [3.8, 4) is 5.69 Å². The van der Waals surface area contributed by atoms with Gasteiger partial charge in [-0.3, -0.25) is 9.59 Å². The molecule has 1 aromatic heterocycles. The molecule has 0 unspecified atom stereocenters. The van der Waals surface area contributed by atoms with E-state index in [1.807, 2.05) is 90.4 Å². The number of aromatic nitrogens is 1. The second kappa shape index (κ2) is 11.8.